The quantitative estimate of drug-likeness (QED) is 0.714. The number of amides is 1. The maximum absolute atomic E-state index is 13.2. The number of anilines is 1. The molecule has 126 valence electrons. The van der Waals surface area contributed by atoms with Gasteiger partial charge in [-0.05, 0) is 18.2 Å². The van der Waals surface area contributed by atoms with E-state index in [1.807, 2.05) is 41.7 Å². The average molecular weight is 335 g/mol. The highest BCUT2D eigenvalue weighted by atomic mass is 19.1. The molecule has 4 heteroatoms. The molecule has 0 saturated carbocycles. The summed E-state index contributed by atoms with van der Waals surface area (Å²) in [6.45, 7) is 0.241. The van der Waals surface area contributed by atoms with Gasteiger partial charge in [0.25, 0.3) is 5.91 Å². The Bertz CT molecular complexity index is 782. The zero-order chi connectivity index (χ0) is 17.5. The molecule has 3 N–H and O–H groups in total. The fourth-order valence-electron chi connectivity index (χ4n) is 2.79. The van der Waals surface area contributed by atoms with E-state index in [1.165, 1.54) is 12.1 Å². The van der Waals surface area contributed by atoms with Crippen LogP contribution in [-0.2, 0) is 4.79 Å². The van der Waals surface area contributed by atoms with E-state index in [0.29, 0.717) is 5.69 Å². The van der Waals surface area contributed by atoms with Crippen LogP contribution < -0.4 is 10.6 Å². The number of carbonyl (C=O) groups excluding carboxylic acids is 1. The number of carbonyl (C=O) groups is 1. The number of halogens is 1. The lowest BCUT2D eigenvalue weighted by molar-refractivity contribution is -0.676. The van der Waals surface area contributed by atoms with Crippen LogP contribution in [0, 0.1) is 5.82 Å². The fourth-order valence-corrected chi connectivity index (χ4v) is 2.79. The Hall–Kier alpha value is -2.98. The number of hydrogen-bond donors (Lipinski definition) is 2. The summed E-state index contributed by atoms with van der Waals surface area (Å²) >= 11 is 0. The molecular formula is C21H20FN2O+. The van der Waals surface area contributed by atoms with Gasteiger partial charge in [0.2, 0.25) is 0 Å². The molecule has 3 nitrogen and oxygen atoms in total. The molecule has 0 heterocycles. The first-order valence-electron chi connectivity index (χ1n) is 8.21. The topological polar surface area (TPSA) is 45.7 Å². The van der Waals surface area contributed by atoms with Gasteiger partial charge in [0.1, 0.15) is 11.9 Å². The smallest absolute Gasteiger partial charge is 0.279 e. The van der Waals surface area contributed by atoms with Crippen LogP contribution in [0.15, 0.2) is 84.9 Å². The van der Waals surface area contributed by atoms with Crippen molar-refractivity contribution < 1.29 is 14.5 Å². The molecule has 0 aliphatic carbocycles. The van der Waals surface area contributed by atoms with Gasteiger partial charge in [0.15, 0.2) is 6.54 Å². The summed E-state index contributed by atoms with van der Waals surface area (Å²) in [6.07, 6.45) is 0. The lowest BCUT2D eigenvalue weighted by atomic mass is 9.99. The van der Waals surface area contributed by atoms with Crippen LogP contribution in [0.2, 0.25) is 0 Å². The van der Waals surface area contributed by atoms with Gasteiger partial charge in [-0.2, -0.15) is 0 Å². The summed E-state index contributed by atoms with van der Waals surface area (Å²) in [7, 11) is 0. The average Bonchev–Trinajstić information content (AvgIpc) is 2.64. The predicted octanol–water partition coefficient (Wildman–Crippen LogP) is 3.12. The maximum Gasteiger partial charge on any atom is 0.279 e. The standard InChI is InChI=1S/C21H19FN2O/c22-18-12-7-13-19(14-18)24-20(25)15-23-21(16-8-3-1-4-9-16)17-10-5-2-6-11-17/h1-14,21,23H,15H2,(H,24,25)/p+1. The summed E-state index contributed by atoms with van der Waals surface area (Å²) in [5.41, 5.74) is 2.73. The summed E-state index contributed by atoms with van der Waals surface area (Å²) in [5, 5.41) is 4.72. The van der Waals surface area contributed by atoms with Crippen LogP contribution in [0.1, 0.15) is 17.2 Å². The molecule has 0 aliphatic heterocycles. The van der Waals surface area contributed by atoms with Gasteiger partial charge in [0.05, 0.1) is 0 Å². The number of benzene rings is 3. The Kier molecular flexibility index (Phi) is 5.54. The van der Waals surface area contributed by atoms with Crippen LogP contribution in [0.25, 0.3) is 0 Å². The van der Waals surface area contributed by atoms with Gasteiger partial charge < -0.3 is 10.6 Å². The van der Waals surface area contributed by atoms with E-state index >= 15 is 0 Å². The van der Waals surface area contributed by atoms with Gasteiger partial charge >= 0.3 is 0 Å². The summed E-state index contributed by atoms with van der Waals surface area (Å²) in [6, 6.07) is 26.1. The van der Waals surface area contributed by atoms with Gasteiger partial charge in [-0.1, -0.05) is 66.7 Å². The van der Waals surface area contributed by atoms with Gasteiger partial charge in [-0.25, -0.2) is 4.39 Å². The Morgan fingerprint density at radius 1 is 0.880 bits per heavy atom. The van der Waals surface area contributed by atoms with Crippen molar-refractivity contribution in [3.8, 4) is 0 Å². The normalized spacial score (nSPS) is 10.6. The van der Waals surface area contributed by atoms with Crippen LogP contribution in [-0.4, -0.2) is 12.5 Å². The first-order chi connectivity index (χ1) is 12.2. The van der Waals surface area contributed by atoms with Crippen molar-refractivity contribution in [3.63, 3.8) is 0 Å². The minimum atomic E-state index is -0.367. The van der Waals surface area contributed by atoms with E-state index in [0.717, 1.165) is 11.1 Å². The van der Waals surface area contributed by atoms with Gasteiger partial charge in [-0.15, -0.1) is 0 Å². The molecule has 1 amide bonds. The second kappa shape index (κ2) is 8.22. The second-order valence-corrected chi connectivity index (χ2v) is 5.80. The Morgan fingerprint density at radius 3 is 2.04 bits per heavy atom. The van der Waals surface area contributed by atoms with Crippen LogP contribution in [0.4, 0.5) is 10.1 Å². The van der Waals surface area contributed by atoms with E-state index in [4.69, 9.17) is 0 Å². The molecule has 0 bridgehead atoms. The summed E-state index contributed by atoms with van der Waals surface area (Å²) in [4.78, 5) is 12.2. The zero-order valence-corrected chi connectivity index (χ0v) is 13.7. The molecule has 0 spiro atoms. The van der Waals surface area contributed by atoms with Crippen LogP contribution in [0.5, 0.6) is 0 Å². The molecule has 0 saturated heterocycles. The molecule has 0 unspecified atom stereocenters. The van der Waals surface area contributed by atoms with E-state index in [2.05, 4.69) is 29.6 Å². The molecule has 0 aromatic heterocycles. The Balaban J connectivity index is 1.70. The van der Waals surface area contributed by atoms with Crippen molar-refractivity contribution in [3.05, 3.63) is 102 Å². The lowest BCUT2D eigenvalue weighted by Crippen LogP contribution is -2.87. The van der Waals surface area contributed by atoms with Crippen LogP contribution in [0.3, 0.4) is 0 Å². The van der Waals surface area contributed by atoms with Crippen molar-refractivity contribution in [1.82, 2.24) is 0 Å². The van der Waals surface area contributed by atoms with Gasteiger partial charge in [0, 0.05) is 16.8 Å². The van der Waals surface area contributed by atoms with Crippen molar-refractivity contribution >= 4 is 11.6 Å². The molecule has 0 aliphatic rings. The minimum Gasteiger partial charge on any atom is -0.328 e. The second-order valence-electron chi connectivity index (χ2n) is 5.80. The lowest BCUT2D eigenvalue weighted by Gasteiger charge is -2.16. The Labute approximate surface area is 146 Å². The number of quaternary nitrogens is 1. The molecule has 0 atom stereocenters. The fraction of sp³-hybridized carbons (Fsp3) is 0.0952. The number of nitrogens with one attached hydrogen (secondary N) is 1. The first kappa shape index (κ1) is 16.9. The van der Waals surface area contributed by atoms with Crippen molar-refractivity contribution in [2.24, 2.45) is 0 Å². The molecule has 3 aromatic rings. The third-order valence-electron chi connectivity index (χ3n) is 3.96. The van der Waals surface area contributed by atoms with E-state index in [1.54, 1.807) is 12.1 Å². The number of hydrogen-bond acceptors (Lipinski definition) is 1. The molecule has 0 fully saturated rings. The largest absolute Gasteiger partial charge is 0.328 e. The number of nitrogens with two attached hydrogens (primary N) is 1. The first-order valence-corrected chi connectivity index (χ1v) is 8.21. The molecule has 3 aromatic carbocycles. The molecule has 3 rings (SSSR count). The highest BCUT2D eigenvalue weighted by molar-refractivity contribution is 5.91. The SMILES string of the molecule is O=C(C[NH2+]C(c1ccccc1)c1ccccc1)Nc1cccc(F)c1. The van der Waals surface area contributed by atoms with Crippen LogP contribution >= 0.6 is 0 Å². The number of rotatable bonds is 6. The highest BCUT2D eigenvalue weighted by Gasteiger charge is 2.18. The summed E-state index contributed by atoms with van der Waals surface area (Å²) < 4.78 is 13.2. The third kappa shape index (κ3) is 4.75. The van der Waals surface area contributed by atoms with Crippen molar-refractivity contribution in [2.45, 2.75) is 6.04 Å². The van der Waals surface area contributed by atoms with E-state index < -0.39 is 0 Å². The maximum atomic E-state index is 13.2. The molecule has 0 radical (unpaired) electrons. The minimum absolute atomic E-state index is 0.0284. The predicted molar refractivity (Wildman–Crippen MR) is 96.5 cm³/mol. The monoisotopic (exact) mass is 335 g/mol. The highest BCUT2D eigenvalue weighted by Crippen LogP contribution is 2.17. The summed E-state index contributed by atoms with van der Waals surface area (Å²) in [5.74, 6) is -0.532. The zero-order valence-electron chi connectivity index (χ0n) is 13.7. The molecule has 25 heavy (non-hydrogen) atoms. The van der Waals surface area contributed by atoms with E-state index in [-0.39, 0.29) is 24.3 Å². The van der Waals surface area contributed by atoms with Crippen molar-refractivity contribution in [1.29, 1.82) is 0 Å². The van der Waals surface area contributed by atoms with E-state index in [9.17, 15) is 9.18 Å². The Morgan fingerprint density at radius 2 is 1.48 bits per heavy atom. The third-order valence-corrected chi connectivity index (χ3v) is 3.96. The van der Waals surface area contributed by atoms with Gasteiger partial charge in [-0.3, -0.25) is 4.79 Å². The van der Waals surface area contributed by atoms with Crippen molar-refractivity contribution in [2.75, 3.05) is 11.9 Å². The molecular weight excluding hydrogens is 315 g/mol.